The number of ether oxygens (including phenoxy) is 1. The van der Waals surface area contributed by atoms with Crippen molar-refractivity contribution in [3.63, 3.8) is 0 Å². The fourth-order valence-corrected chi connectivity index (χ4v) is 1.94. The monoisotopic (exact) mass is 260 g/mol. The van der Waals surface area contributed by atoms with Crippen molar-refractivity contribution in [2.24, 2.45) is 0 Å². The van der Waals surface area contributed by atoms with Gasteiger partial charge in [0.15, 0.2) is 5.82 Å². The van der Waals surface area contributed by atoms with E-state index < -0.39 is 11.6 Å². The molecule has 3 rings (SSSR count). The third kappa shape index (κ3) is 1.93. The Kier molecular flexibility index (Phi) is 2.67. The lowest BCUT2D eigenvalue weighted by Gasteiger charge is -2.02. The number of nitrogens with one attached hydrogen (secondary N) is 1. The molecule has 19 heavy (non-hydrogen) atoms. The molecule has 0 saturated heterocycles. The fraction of sp³-hybridized carbons (Fsp3) is 0.0714. The van der Waals surface area contributed by atoms with Crippen LogP contribution in [0.4, 0.5) is 8.78 Å². The maximum atomic E-state index is 13.9. The molecule has 1 N–H and O–H groups in total. The number of fused-ring (bicyclic) bond motifs is 1. The second-order valence-corrected chi connectivity index (χ2v) is 4.07. The number of hydrogen-bond acceptors (Lipinski definition) is 2. The maximum Gasteiger partial charge on any atom is 0.151 e. The third-order valence-electron chi connectivity index (χ3n) is 2.89. The highest BCUT2D eigenvalue weighted by atomic mass is 19.1. The largest absolute Gasteiger partial charge is 0.497 e. The molecule has 96 valence electrons. The van der Waals surface area contributed by atoms with Crippen molar-refractivity contribution in [2.45, 2.75) is 0 Å². The summed E-state index contributed by atoms with van der Waals surface area (Å²) in [6.07, 6.45) is 0. The first-order chi connectivity index (χ1) is 9.19. The summed E-state index contributed by atoms with van der Waals surface area (Å²) in [6.45, 7) is 0. The van der Waals surface area contributed by atoms with Crippen LogP contribution in [0.25, 0.3) is 22.4 Å². The standard InChI is InChI=1S/C14H10F2N2O/c1-19-8-5-6-9(11(16)7-8)14-17-12-4-2-3-10(15)13(12)18-14/h2-7H,1H3,(H,17,18). The quantitative estimate of drug-likeness (QED) is 0.765. The summed E-state index contributed by atoms with van der Waals surface area (Å²) >= 11 is 0. The summed E-state index contributed by atoms with van der Waals surface area (Å²) in [4.78, 5) is 6.99. The van der Waals surface area contributed by atoms with Gasteiger partial charge in [-0.25, -0.2) is 13.8 Å². The van der Waals surface area contributed by atoms with Crippen LogP contribution in [0.3, 0.4) is 0 Å². The molecule has 0 aliphatic rings. The summed E-state index contributed by atoms with van der Waals surface area (Å²) < 4.78 is 32.4. The van der Waals surface area contributed by atoms with Crippen LogP contribution in [0.15, 0.2) is 36.4 Å². The predicted octanol–water partition coefficient (Wildman–Crippen LogP) is 3.52. The van der Waals surface area contributed by atoms with Gasteiger partial charge in [0.25, 0.3) is 0 Å². The highest BCUT2D eigenvalue weighted by molar-refractivity contribution is 5.80. The minimum absolute atomic E-state index is 0.202. The molecule has 0 aliphatic heterocycles. The molecule has 0 amide bonds. The molecule has 1 aromatic heterocycles. The number of rotatable bonds is 2. The summed E-state index contributed by atoms with van der Waals surface area (Å²) in [5, 5.41) is 0. The number of imidazole rings is 1. The molecule has 1 heterocycles. The molecule has 0 radical (unpaired) electrons. The molecule has 0 bridgehead atoms. The minimum atomic E-state index is -0.473. The zero-order valence-corrected chi connectivity index (χ0v) is 10.1. The number of aromatic nitrogens is 2. The van der Waals surface area contributed by atoms with E-state index in [9.17, 15) is 8.78 Å². The first-order valence-corrected chi connectivity index (χ1v) is 5.67. The molecule has 2 aromatic carbocycles. The van der Waals surface area contributed by atoms with Crippen LogP contribution in [-0.4, -0.2) is 17.1 Å². The van der Waals surface area contributed by atoms with Crippen molar-refractivity contribution < 1.29 is 13.5 Å². The van der Waals surface area contributed by atoms with E-state index >= 15 is 0 Å². The number of halogens is 2. The number of benzene rings is 2. The van der Waals surface area contributed by atoms with Crippen LogP contribution in [0, 0.1) is 11.6 Å². The molecule has 5 heteroatoms. The van der Waals surface area contributed by atoms with Gasteiger partial charge in [-0.05, 0) is 24.3 Å². The van der Waals surface area contributed by atoms with E-state index in [4.69, 9.17) is 4.74 Å². The molecule has 0 saturated carbocycles. The van der Waals surface area contributed by atoms with Crippen molar-refractivity contribution in [3.8, 4) is 17.1 Å². The third-order valence-corrected chi connectivity index (χ3v) is 2.89. The minimum Gasteiger partial charge on any atom is -0.497 e. The second kappa shape index (κ2) is 4.35. The van der Waals surface area contributed by atoms with E-state index in [-0.39, 0.29) is 11.1 Å². The molecule has 0 aliphatic carbocycles. The van der Waals surface area contributed by atoms with Gasteiger partial charge in [-0.3, -0.25) is 0 Å². The summed E-state index contributed by atoms with van der Waals surface area (Å²) in [5.74, 6) is -0.198. The van der Waals surface area contributed by atoms with Crippen molar-refractivity contribution in [3.05, 3.63) is 48.0 Å². The van der Waals surface area contributed by atoms with Crippen LogP contribution in [0.2, 0.25) is 0 Å². The van der Waals surface area contributed by atoms with E-state index in [1.165, 1.54) is 19.2 Å². The van der Waals surface area contributed by atoms with Crippen LogP contribution in [0.5, 0.6) is 5.75 Å². The van der Waals surface area contributed by atoms with Gasteiger partial charge >= 0.3 is 0 Å². The SMILES string of the molecule is COc1ccc(-c2nc3c(F)cccc3[nH]2)c(F)c1. The number of methoxy groups -OCH3 is 1. The first-order valence-electron chi connectivity index (χ1n) is 5.67. The predicted molar refractivity (Wildman–Crippen MR) is 68.0 cm³/mol. The van der Waals surface area contributed by atoms with E-state index in [0.29, 0.717) is 17.1 Å². The number of aromatic amines is 1. The van der Waals surface area contributed by atoms with Gasteiger partial charge < -0.3 is 9.72 Å². The molecular weight excluding hydrogens is 250 g/mol. The molecule has 3 aromatic rings. The van der Waals surface area contributed by atoms with Gasteiger partial charge in [0, 0.05) is 6.07 Å². The lowest BCUT2D eigenvalue weighted by molar-refractivity contribution is 0.411. The van der Waals surface area contributed by atoms with Crippen molar-refractivity contribution in [1.29, 1.82) is 0 Å². The highest BCUT2D eigenvalue weighted by Gasteiger charge is 2.12. The number of para-hydroxylation sites is 1. The van der Waals surface area contributed by atoms with Gasteiger partial charge in [-0.15, -0.1) is 0 Å². The van der Waals surface area contributed by atoms with Crippen molar-refractivity contribution >= 4 is 11.0 Å². The van der Waals surface area contributed by atoms with Gasteiger partial charge in [-0.1, -0.05) is 6.07 Å². The first kappa shape index (κ1) is 11.6. The van der Waals surface area contributed by atoms with E-state index in [2.05, 4.69) is 9.97 Å². The number of hydrogen-bond donors (Lipinski definition) is 1. The zero-order chi connectivity index (χ0) is 13.4. The zero-order valence-electron chi connectivity index (χ0n) is 10.1. The Bertz CT molecular complexity index is 752. The highest BCUT2D eigenvalue weighted by Crippen LogP contribution is 2.26. The number of nitrogens with zero attached hydrogens (tertiary/aromatic N) is 1. The van der Waals surface area contributed by atoms with Gasteiger partial charge in [0.1, 0.15) is 22.9 Å². The van der Waals surface area contributed by atoms with Crippen molar-refractivity contribution in [2.75, 3.05) is 7.11 Å². The molecule has 0 unspecified atom stereocenters. The van der Waals surface area contributed by atoms with Crippen LogP contribution < -0.4 is 4.74 Å². The van der Waals surface area contributed by atoms with Gasteiger partial charge in [0.2, 0.25) is 0 Å². The van der Waals surface area contributed by atoms with Gasteiger partial charge in [-0.2, -0.15) is 0 Å². The Labute approximate surface area is 107 Å². The van der Waals surface area contributed by atoms with Gasteiger partial charge in [0.05, 0.1) is 18.2 Å². The van der Waals surface area contributed by atoms with E-state index in [1.807, 2.05) is 0 Å². The Morgan fingerprint density at radius 1 is 1.11 bits per heavy atom. The average molecular weight is 260 g/mol. The Morgan fingerprint density at radius 2 is 1.95 bits per heavy atom. The summed E-state index contributed by atoms with van der Waals surface area (Å²) in [6, 6.07) is 9.02. The van der Waals surface area contributed by atoms with E-state index in [1.54, 1.807) is 24.3 Å². The smallest absolute Gasteiger partial charge is 0.151 e. The molecule has 3 nitrogen and oxygen atoms in total. The average Bonchev–Trinajstić information content (AvgIpc) is 2.83. The lowest BCUT2D eigenvalue weighted by Crippen LogP contribution is -1.89. The van der Waals surface area contributed by atoms with Crippen molar-refractivity contribution in [1.82, 2.24) is 9.97 Å². The summed E-state index contributed by atoms with van der Waals surface area (Å²) in [5.41, 5.74) is 1.01. The fourth-order valence-electron chi connectivity index (χ4n) is 1.94. The molecule has 0 atom stereocenters. The molecule has 0 fully saturated rings. The Balaban J connectivity index is 2.16. The maximum absolute atomic E-state index is 13.9. The number of H-pyrrole nitrogens is 1. The van der Waals surface area contributed by atoms with Crippen LogP contribution >= 0.6 is 0 Å². The van der Waals surface area contributed by atoms with Crippen LogP contribution in [-0.2, 0) is 0 Å². The normalized spacial score (nSPS) is 10.9. The Hall–Kier alpha value is -2.43. The van der Waals surface area contributed by atoms with E-state index in [0.717, 1.165) is 0 Å². The Morgan fingerprint density at radius 3 is 2.63 bits per heavy atom. The van der Waals surface area contributed by atoms with Crippen LogP contribution in [0.1, 0.15) is 0 Å². The molecule has 0 spiro atoms. The summed E-state index contributed by atoms with van der Waals surface area (Å²) in [7, 11) is 1.46. The second-order valence-electron chi connectivity index (χ2n) is 4.07. The topological polar surface area (TPSA) is 37.9 Å². The lowest BCUT2D eigenvalue weighted by atomic mass is 10.2. The molecular formula is C14H10F2N2O.